The lowest BCUT2D eigenvalue weighted by atomic mass is 9.85. The van der Waals surface area contributed by atoms with Gasteiger partial charge in [0.2, 0.25) is 0 Å². The topological polar surface area (TPSA) is 66.8 Å². The Bertz CT molecular complexity index is 1260. The largest absolute Gasteiger partial charge is 0.487 e. The molecule has 1 atom stereocenters. The maximum absolute atomic E-state index is 13.3. The zero-order chi connectivity index (χ0) is 26.1. The van der Waals surface area contributed by atoms with Gasteiger partial charge in [-0.1, -0.05) is 74.9 Å². The molecule has 0 saturated heterocycles. The van der Waals surface area contributed by atoms with Gasteiger partial charge >= 0.3 is 5.97 Å². The summed E-state index contributed by atoms with van der Waals surface area (Å²) < 4.78 is 6.34. The van der Waals surface area contributed by atoms with E-state index in [0.29, 0.717) is 12.0 Å². The fourth-order valence-electron chi connectivity index (χ4n) is 4.77. The first-order valence-corrected chi connectivity index (χ1v) is 12.4. The zero-order valence-corrected chi connectivity index (χ0v) is 21.8. The molecule has 0 fully saturated rings. The van der Waals surface area contributed by atoms with Crippen LogP contribution in [0, 0.1) is 6.92 Å². The van der Waals surface area contributed by atoms with Crippen molar-refractivity contribution in [3.63, 3.8) is 0 Å². The molecule has 5 nitrogen and oxygen atoms in total. The number of aryl methyl sites for hydroxylation is 1. The van der Waals surface area contributed by atoms with Gasteiger partial charge in [0.25, 0.3) is 5.91 Å². The molecule has 1 heterocycles. The lowest BCUT2D eigenvalue weighted by molar-refractivity contribution is -0.137. The second kappa shape index (κ2) is 9.81. The number of carbonyl (C=O) groups is 2. The maximum atomic E-state index is 13.3. The summed E-state index contributed by atoms with van der Waals surface area (Å²) in [5.41, 5.74) is 5.67. The number of amides is 1. The van der Waals surface area contributed by atoms with Crippen molar-refractivity contribution in [1.82, 2.24) is 4.90 Å². The highest BCUT2D eigenvalue weighted by Crippen LogP contribution is 2.38. The van der Waals surface area contributed by atoms with Crippen LogP contribution in [0.25, 0.3) is 0 Å². The van der Waals surface area contributed by atoms with E-state index in [4.69, 9.17) is 4.74 Å². The second-order valence-corrected chi connectivity index (χ2v) is 11.2. The van der Waals surface area contributed by atoms with Crippen molar-refractivity contribution in [2.45, 2.75) is 65.0 Å². The molecular weight excluding hydrogens is 450 g/mol. The molecule has 3 aromatic carbocycles. The number of fused-ring (bicyclic) bond motifs is 1. The smallest absolute Gasteiger partial charge is 0.323 e. The first-order valence-electron chi connectivity index (χ1n) is 12.4. The fraction of sp³-hybridized carbons (Fsp3) is 0.355. The molecule has 0 aliphatic carbocycles. The Hall–Kier alpha value is -3.60. The molecule has 188 valence electrons. The third-order valence-electron chi connectivity index (χ3n) is 6.73. The van der Waals surface area contributed by atoms with Crippen LogP contribution >= 0.6 is 0 Å². The number of hydrogen-bond donors (Lipinski definition) is 1. The molecule has 0 unspecified atom stereocenters. The average molecular weight is 486 g/mol. The monoisotopic (exact) mass is 485 g/mol. The Balaban J connectivity index is 1.50. The van der Waals surface area contributed by atoms with Crippen molar-refractivity contribution in [1.29, 1.82) is 0 Å². The van der Waals surface area contributed by atoms with E-state index in [2.05, 4.69) is 52.0 Å². The molecule has 1 aliphatic heterocycles. The molecule has 0 saturated carbocycles. The summed E-state index contributed by atoms with van der Waals surface area (Å²) in [6, 6.07) is 21.9. The molecule has 4 rings (SSSR count). The fourth-order valence-corrected chi connectivity index (χ4v) is 4.77. The molecule has 0 bridgehead atoms. The van der Waals surface area contributed by atoms with Gasteiger partial charge in [-0.3, -0.25) is 9.59 Å². The van der Waals surface area contributed by atoms with Crippen LogP contribution in [0.15, 0.2) is 66.7 Å². The molecule has 1 amide bonds. The minimum atomic E-state index is -1.04. The van der Waals surface area contributed by atoms with E-state index in [-0.39, 0.29) is 24.4 Å². The third-order valence-corrected chi connectivity index (χ3v) is 6.73. The molecule has 1 aliphatic rings. The van der Waals surface area contributed by atoms with Gasteiger partial charge in [0.1, 0.15) is 17.9 Å². The van der Waals surface area contributed by atoms with E-state index >= 15 is 0 Å². The summed E-state index contributed by atoms with van der Waals surface area (Å²) in [6.07, 6.45) is 1.44. The molecule has 0 aromatic heterocycles. The molecule has 0 radical (unpaired) electrons. The van der Waals surface area contributed by atoms with Crippen molar-refractivity contribution in [2.24, 2.45) is 0 Å². The van der Waals surface area contributed by atoms with Gasteiger partial charge < -0.3 is 14.7 Å². The summed E-state index contributed by atoms with van der Waals surface area (Å²) in [5.74, 6) is -0.555. The van der Waals surface area contributed by atoms with E-state index in [1.165, 1.54) is 16.0 Å². The summed E-state index contributed by atoms with van der Waals surface area (Å²) in [4.78, 5) is 26.2. The van der Waals surface area contributed by atoms with Gasteiger partial charge in [-0.25, -0.2) is 0 Å². The van der Waals surface area contributed by atoms with E-state index in [9.17, 15) is 14.7 Å². The molecule has 3 aromatic rings. The summed E-state index contributed by atoms with van der Waals surface area (Å²) in [6.45, 7) is 10.6. The highest BCUT2D eigenvalue weighted by Gasteiger charge is 2.35. The highest BCUT2D eigenvalue weighted by atomic mass is 16.5. The standard InChI is InChI=1S/C31H35NO4/c1-21-6-8-23(9-7-21)19-32(20-28(33)34)29(35)24-12-15-27-25(16-24)18-31(5,36-27)17-22-10-13-26(14-11-22)30(2,3)4/h6-16H,17-20H2,1-5H3,(H,33,34)/t31-/m0/s1. The Morgan fingerprint density at radius 1 is 0.972 bits per heavy atom. The number of carboxylic acids is 1. The highest BCUT2D eigenvalue weighted by molar-refractivity contribution is 5.96. The van der Waals surface area contributed by atoms with Crippen LogP contribution in [0.1, 0.15) is 65.9 Å². The Morgan fingerprint density at radius 2 is 1.61 bits per heavy atom. The first kappa shape index (κ1) is 25.5. The lowest BCUT2D eigenvalue weighted by Gasteiger charge is -2.25. The lowest BCUT2D eigenvalue weighted by Crippen LogP contribution is -2.35. The van der Waals surface area contributed by atoms with Gasteiger partial charge in [-0.15, -0.1) is 0 Å². The number of carbonyl (C=O) groups excluding carboxylic acids is 1. The second-order valence-electron chi connectivity index (χ2n) is 11.2. The third kappa shape index (κ3) is 5.96. The number of benzene rings is 3. The van der Waals surface area contributed by atoms with Gasteiger partial charge in [0, 0.05) is 24.9 Å². The summed E-state index contributed by atoms with van der Waals surface area (Å²) in [7, 11) is 0. The van der Waals surface area contributed by atoms with Gasteiger partial charge in [-0.05, 0) is 59.7 Å². The van der Waals surface area contributed by atoms with Crippen molar-refractivity contribution in [3.05, 3.63) is 100 Å². The molecule has 36 heavy (non-hydrogen) atoms. The number of ether oxygens (including phenoxy) is 1. The Kier molecular flexibility index (Phi) is 6.94. The normalized spacial score (nSPS) is 16.8. The van der Waals surface area contributed by atoms with Crippen molar-refractivity contribution in [2.75, 3.05) is 6.54 Å². The Morgan fingerprint density at radius 3 is 2.22 bits per heavy atom. The van der Waals surface area contributed by atoms with Crippen LogP contribution in [0.2, 0.25) is 0 Å². The predicted octanol–water partition coefficient (Wildman–Crippen LogP) is 5.96. The summed E-state index contributed by atoms with van der Waals surface area (Å²) >= 11 is 0. The number of hydrogen-bond acceptors (Lipinski definition) is 3. The summed E-state index contributed by atoms with van der Waals surface area (Å²) in [5, 5.41) is 9.41. The first-order chi connectivity index (χ1) is 16.9. The van der Waals surface area contributed by atoms with Crippen LogP contribution in [0.3, 0.4) is 0 Å². The molecule has 0 spiro atoms. The predicted molar refractivity (Wildman–Crippen MR) is 142 cm³/mol. The van der Waals surface area contributed by atoms with Gasteiger partial charge in [0.05, 0.1) is 0 Å². The van der Waals surface area contributed by atoms with Crippen LogP contribution in [0.5, 0.6) is 5.75 Å². The van der Waals surface area contributed by atoms with Crippen LogP contribution in [0.4, 0.5) is 0 Å². The molecular formula is C31H35NO4. The number of rotatable bonds is 7. The van der Waals surface area contributed by atoms with E-state index in [1.807, 2.05) is 43.3 Å². The minimum absolute atomic E-state index is 0.111. The molecule has 5 heteroatoms. The van der Waals surface area contributed by atoms with Crippen molar-refractivity contribution < 1.29 is 19.4 Å². The average Bonchev–Trinajstić information content (AvgIpc) is 3.13. The number of aliphatic carboxylic acids is 1. The Labute approximate surface area is 213 Å². The zero-order valence-electron chi connectivity index (χ0n) is 21.8. The molecule has 1 N–H and O–H groups in total. The van der Waals surface area contributed by atoms with E-state index in [0.717, 1.165) is 28.9 Å². The van der Waals surface area contributed by atoms with Crippen molar-refractivity contribution >= 4 is 11.9 Å². The van der Waals surface area contributed by atoms with E-state index in [1.54, 1.807) is 6.07 Å². The van der Waals surface area contributed by atoms with Crippen LogP contribution < -0.4 is 4.74 Å². The van der Waals surface area contributed by atoms with Crippen LogP contribution in [-0.2, 0) is 29.6 Å². The van der Waals surface area contributed by atoms with E-state index < -0.39 is 11.6 Å². The quantitative estimate of drug-likeness (QED) is 0.449. The number of carboxylic acid groups (broad SMARTS) is 1. The van der Waals surface area contributed by atoms with Gasteiger partial charge in [-0.2, -0.15) is 0 Å². The minimum Gasteiger partial charge on any atom is -0.487 e. The van der Waals surface area contributed by atoms with Crippen LogP contribution in [-0.4, -0.2) is 34.0 Å². The SMILES string of the molecule is Cc1ccc(CN(CC(=O)O)C(=O)c2ccc3c(c2)C[C@](C)(Cc2ccc(C(C)(C)C)cc2)O3)cc1. The maximum Gasteiger partial charge on any atom is 0.323 e. The van der Waals surface area contributed by atoms with Crippen molar-refractivity contribution in [3.8, 4) is 5.75 Å². The number of nitrogens with zero attached hydrogens (tertiary/aromatic N) is 1. The van der Waals surface area contributed by atoms with Gasteiger partial charge in [0.15, 0.2) is 0 Å².